The Kier molecular flexibility index (Phi) is 5.93. The van der Waals surface area contributed by atoms with E-state index in [4.69, 9.17) is 9.47 Å². The van der Waals surface area contributed by atoms with Crippen molar-refractivity contribution < 1.29 is 19.1 Å². The molecule has 1 saturated carbocycles. The van der Waals surface area contributed by atoms with Gasteiger partial charge in [0.15, 0.2) is 5.78 Å². The van der Waals surface area contributed by atoms with E-state index in [1.807, 2.05) is 13.0 Å². The molecule has 2 aliphatic carbocycles. The number of piperidine rings is 2. The van der Waals surface area contributed by atoms with Gasteiger partial charge < -0.3 is 9.47 Å². The summed E-state index contributed by atoms with van der Waals surface area (Å²) < 4.78 is 11.1. The van der Waals surface area contributed by atoms with Gasteiger partial charge in [0.1, 0.15) is 11.2 Å². The molecule has 4 bridgehead atoms. The number of hydrogen-bond donors (Lipinski definition) is 0. The van der Waals surface area contributed by atoms with Gasteiger partial charge in [-0.15, -0.1) is 0 Å². The molecule has 2 saturated heterocycles. The van der Waals surface area contributed by atoms with Crippen LogP contribution in [0.1, 0.15) is 70.4 Å². The average molecular weight is 428 g/mol. The van der Waals surface area contributed by atoms with Gasteiger partial charge in [-0.2, -0.15) is 0 Å². The Morgan fingerprint density at radius 1 is 1.19 bits per heavy atom. The molecule has 0 spiro atoms. The number of Topliss-reactive ketones (excluding diaryl/α,β-unsaturated/α-hetero) is 1. The number of ketones is 1. The Hall–Kier alpha value is -1.88. The van der Waals surface area contributed by atoms with Crippen LogP contribution >= 0.6 is 0 Å². The topological polar surface area (TPSA) is 55.8 Å². The lowest BCUT2D eigenvalue weighted by atomic mass is 9.45. The van der Waals surface area contributed by atoms with Gasteiger partial charge in [0.25, 0.3) is 0 Å². The number of nitrogens with zero attached hydrogens (tertiary/aromatic N) is 1. The zero-order chi connectivity index (χ0) is 22.4. The Labute approximate surface area is 186 Å². The molecule has 0 N–H and O–H groups in total. The number of unbranched alkanes of at least 4 members (excludes halogenated alkanes) is 2. The molecule has 2 aliphatic heterocycles. The van der Waals surface area contributed by atoms with Crippen molar-refractivity contribution in [1.29, 1.82) is 0 Å². The maximum atomic E-state index is 13.7. The van der Waals surface area contributed by atoms with Gasteiger partial charge in [0.2, 0.25) is 0 Å². The second kappa shape index (κ2) is 8.23. The third-order valence-electron chi connectivity index (χ3n) is 8.53. The standard InChI is InChI=1S/C26H37NO4/c1-6-8-9-10-23(28)26(24(29)31-7-2)15-20-21-13-17-11-12-18(30-5)14-19(17)25(20,3)16-22(26)27(21)4/h11-12,14,20-22H,6-10,13,15-16H2,1-5H3/t20?,21?,22?,25-,26?/m1/s1. The van der Waals surface area contributed by atoms with Crippen molar-refractivity contribution in [3.8, 4) is 5.75 Å². The first-order valence-corrected chi connectivity index (χ1v) is 11.9. The number of likely N-dealkylation sites (N-methyl/N-ethyl adjacent to an activating group) is 1. The van der Waals surface area contributed by atoms with E-state index < -0.39 is 5.41 Å². The quantitative estimate of drug-likeness (QED) is 0.352. The number of carbonyl (C=O) groups is 2. The largest absolute Gasteiger partial charge is 0.497 e. The molecule has 0 aromatic heterocycles. The summed E-state index contributed by atoms with van der Waals surface area (Å²) in [5.74, 6) is 0.903. The number of fused-ring (bicyclic) bond motifs is 2. The maximum absolute atomic E-state index is 13.7. The van der Waals surface area contributed by atoms with Crippen LogP contribution in [-0.2, 0) is 26.2 Å². The van der Waals surface area contributed by atoms with Crippen molar-refractivity contribution in [1.82, 2.24) is 4.90 Å². The van der Waals surface area contributed by atoms with Crippen LogP contribution in [0.5, 0.6) is 5.75 Å². The molecule has 1 aromatic carbocycles. The van der Waals surface area contributed by atoms with Crippen LogP contribution in [0.2, 0.25) is 0 Å². The average Bonchev–Trinajstić information content (AvgIpc) is 2.76. The Bertz CT molecular complexity index is 867. The van der Waals surface area contributed by atoms with Gasteiger partial charge >= 0.3 is 5.97 Å². The molecule has 170 valence electrons. The predicted molar refractivity (Wildman–Crippen MR) is 120 cm³/mol. The van der Waals surface area contributed by atoms with Crippen LogP contribution in [0.4, 0.5) is 0 Å². The zero-order valence-corrected chi connectivity index (χ0v) is 19.7. The second-order valence-corrected chi connectivity index (χ2v) is 9.98. The highest BCUT2D eigenvalue weighted by atomic mass is 16.5. The van der Waals surface area contributed by atoms with Gasteiger partial charge in [-0.05, 0) is 74.2 Å². The van der Waals surface area contributed by atoms with Gasteiger partial charge in [-0.1, -0.05) is 32.8 Å². The molecule has 31 heavy (non-hydrogen) atoms. The highest BCUT2D eigenvalue weighted by Gasteiger charge is 2.69. The lowest BCUT2D eigenvalue weighted by molar-refractivity contribution is -0.189. The summed E-state index contributed by atoms with van der Waals surface area (Å²) in [6.45, 7) is 6.61. The number of benzene rings is 1. The van der Waals surface area contributed by atoms with Crippen molar-refractivity contribution in [2.45, 2.75) is 83.2 Å². The highest BCUT2D eigenvalue weighted by molar-refractivity contribution is 6.05. The van der Waals surface area contributed by atoms with Gasteiger partial charge in [0, 0.05) is 18.5 Å². The third-order valence-corrected chi connectivity index (χ3v) is 8.53. The molecule has 5 atom stereocenters. The molecule has 1 aromatic rings. The van der Waals surface area contributed by atoms with E-state index in [1.54, 1.807) is 7.11 Å². The Morgan fingerprint density at radius 3 is 2.65 bits per heavy atom. The van der Waals surface area contributed by atoms with Crippen molar-refractivity contribution in [2.24, 2.45) is 11.3 Å². The zero-order valence-electron chi connectivity index (χ0n) is 19.7. The van der Waals surface area contributed by atoms with E-state index in [1.165, 1.54) is 11.1 Å². The van der Waals surface area contributed by atoms with Crippen molar-refractivity contribution in [3.05, 3.63) is 29.3 Å². The summed E-state index contributed by atoms with van der Waals surface area (Å²) >= 11 is 0. The SMILES string of the molecule is CCCCCC(=O)C1(C(=O)OCC)CC2C3Cc4ccc(OC)cc4[C@@]2(C)CC1N3C. The summed E-state index contributed by atoms with van der Waals surface area (Å²) in [7, 11) is 3.82. The number of rotatable bonds is 8. The highest BCUT2D eigenvalue weighted by Crippen LogP contribution is 2.62. The fourth-order valence-electron chi connectivity index (χ4n) is 6.87. The van der Waals surface area contributed by atoms with Crippen LogP contribution in [0.15, 0.2) is 18.2 Å². The van der Waals surface area contributed by atoms with Crippen LogP contribution in [-0.4, -0.2) is 49.5 Å². The molecule has 3 fully saturated rings. The normalized spacial score (nSPS) is 33.6. The monoisotopic (exact) mass is 427 g/mol. The molecule has 4 aliphatic rings. The first-order chi connectivity index (χ1) is 14.8. The van der Waals surface area contributed by atoms with E-state index >= 15 is 0 Å². The summed E-state index contributed by atoms with van der Waals surface area (Å²) in [5, 5.41) is 0. The third kappa shape index (κ3) is 3.23. The molecule has 2 heterocycles. The summed E-state index contributed by atoms with van der Waals surface area (Å²) in [4.78, 5) is 29.4. The Morgan fingerprint density at radius 2 is 1.97 bits per heavy atom. The number of esters is 1. The van der Waals surface area contributed by atoms with Crippen LogP contribution < -0.4 is 4.74 Å². The summed E-state index contributed by atoms with van der Waals surface area (Å²) in [6.07, 6.45) is 5.74. The fourth-order valence-corrected chi connectivity index (χ4v) is 6.87. The molecule has 5 heteroatoms. The minimum absolute atomic E-state index is 0.0658. The van der Waals surface area contributed by atoms with Crippen molar-refractivity contribution >= 4 is 11.8 Å². The first-order valence-electron chi connectivity index (χ1n) is 11.9. The van der Waals surface area contributed by atoms with E-state index in [9.17, 15) is 9.59 Å². The van der Waals surface area contributed by atoms with Gasteiger partial charge in [-0.25, -0.2) is 0 Å². The lowest BCUT2D eigenvalue weighted by Crippen LogP contribution is -2.74. The molecule has 0 radical (unpaired) electrons. The summed E-state index contributed by atoms with van der Waals surface area (Å²) in [6, 6.07) is 6.64. The van der Waals surface area contributed by atoms with E-state index in [0.29, 0.717) is 25.5 Å². The minimum atomic E-state index is -1.03. The van der Waals surface area contributed by atoms with Crippen molar-refractivity contribution in [2.75, 3.05) is 20.8 Å². The summed E-state index contributed by atoms with van der Waals surface area (Å²) in [5.41, 5.74) is 1.61. The molecule has 0 amide bonds. The number of hydrogen-bond acceptors (Lipinski definition) is 5. The van der Waals surface area contributed by atoms with E-state index in [2.05, 4.69) is 37.9 Å². The lowest BCUT2D eigenvalue weighted by Gasteiger charge is -2.66. The smallest absolute Gasteiger partial charge is 0.321 e. The van der Waals surface area contributed by atoms with Crippen LogP contribution in [0.3, 0.4) is 0 Å². The number of ether oxygens (including phenoxy) is 2. The maximum Gasteiger partial charge on any atom is 0.321 e. The second-order valence-electron chi connectivity index (χ2n) is 9.98. The molecule has 4 unspecified atom stereocenters. The van der Waals surface area contributed by atoms with Gasteiger partial charge in [-0.3, -0.25) is 14.5 Å². The first kappa shape index (κ1) is 22.3. The van der Waals surface area contributed by atoms with Crippen LogP contribution in [0, 0.1) is 11.3 Å². The molecular formula is C26H37NO4. The number of methoxy groups -OCH3 is 1. The molecule has 5 rings (SSSR count). The predicted octanol–water partition coefficient (Wildman–Crippen LogP) is 4.30. The van der Waals surface area contributed by atoms with E-state index in [-0.39, 0.29) is 29.1 Å². The molecule has 5 nitrogen and oxygen atoms in total. The van der Waals surface area contributed by atoms with Crippen molar-refractivity contribution in [3.63, 3.8) is 0 Å². The van der Waals surface area contributed by atoms with Gasteiger partial charge in [0.05, 0.1) is 13.7 Å². The Balaban J connectivity index is 1.76. The fraction of sp³-hybridized carbons (Fsp3) is 0.692. The molecular weight excluding hydrogens is 390 g/mol. The number of carbonyl (C=O) groups excluding carboxylic acids is 2. The van der Waals surface area contributed by atoms with Crippen LogP contribution in [0.25, 0.3) is 0 Å². The van der Waals surface area contributed by atoms with E-state index in [0.717, 1.165) is 37.9 Å². The minimum Gasteiger partial charge on any atom is -0.497 e.